The van der Waals surface area contributed by atoms with Crippen LogP contribution in [0, 0.1) is 40.4 Å². The number of hydrogen-bond donors (Lipinski definition) is 0. The molecule has 4 rings (SSSR count). The van der Waals surface area contributed by atoms with Gasteiger partial charge in [-0.1, -0.05) is 65.0 Å². The average Bonchev–Trinajstić information content (AvgIpc) is 2.99. The summed E-state index contributed by atoms with van der Waals surface area (Å²) in [5, 5.41) is 0. The molecule has 0 spiro atoms. The van der Waals surface area contributed by atoms with E-state index in [0.717, 1.165) is 42.9 Å². The van der Waals surface area contributed by atoms with Gasteiger partial charge in [-0.2, -0.15) is 0 Å². The van der Waals surface area contributed by atoms with Gasteiger partial charge in [0.2, 0.25) is 0 Å². The van der Waals surface area contributed by atoms with Crippen LogP contribution in [0.1, 0.15) is 112 Å². The van der Waals surface area contributed by atoms with Crippen molar-refractivity contribution in [2.24, 2.45) is 40.4 Å². The Labute approximate surface area is 174 Å². The molecule has 0 aromatic rings. The van der Waals surface area contributed by atoms with E-state index in [2.05, 4.69) is 34.6 Å². The van der Waals surface area contributed by atoms with Crippen LogP contribution in [-0.4, -0.2) is 5.78 Å². The van der Waals surface area contributed by atoms with E-state index in [1.807, 2.05) is 11.1 Å². The highest BCUT2D eigenvalue weighted by Crippen LogP contribution is 2.65. The highest BCUT2D eigenvalue weighted by molar-refractivity contribution is 5.80. The molecule has 4 aliphatic carbocycles. The minimum Gasteiger partial charge on any atom is -0.300 e. The van der Waals surface area contributed by atoms with Crippen molar-refractivity contribution in [2.75, 3.05) is 0 Å². The van der Waals surface area contributed by atoms with Crippen molar-refractivity contribution < 1.29 is 4.79 Å². The normalized spacial score (nSPS) is 41.6. The van der Waals surface area contributed by atoms with Gasteiger partial charge in [0.15, 0.2) is 0 Å². The van der Waals surface area contributed by atoms with E-state index in [-0.39, 0.29) is 0 Å². The minimum absolute atomic E-state index is 0.351. The van der Waals surface area contributed by atoms with E-state index in [1.54, 1.807) is 0 Å². The first-order chi connectivity index (χ1) is 13.3. The fourth-order valence-electron chi connectivity index (χ4n) is 8.28. The number of rotatable bonds is 5. The fraction of sp³-hybridized carbons (Fsp3) is 0.889. The molecule has 0 radical (unpaired) electrons. The largest absolute Gasteiger partial charge is 0.300 e. The first-order valence-corrected chi connectivity index (χ1v) is 12.5. The van der Waals surface area contributed by atoms with Crippen LogP contribution < -0.4 is 0 Å². The van der Waals surface area contributed by atoms with Crippen molar-refractivity contribution >= 4 is 5.78 Å². The second kappa shape index (κ2) is 7.59. The third kappa shape index (κ3) is 3.33. The van der Waals surface area contributed by atoms with Gasteiger partial charge in [0, 0.05) is 12.8 Å². The fourth-order valence-corrected chi connectivity index (χ4v) is 8.28. The predicted octanol–water partition coefficient (Wildman–Crippen LogP) is 7.74. The van der Waals surface area contributed by atoms with Crippen molar-refractivity contribution in [1.29, 1.82) is 0 Å². The lowest BCUT2D eigenvalue weighted by molar-refractivity contribution is -0.124. The smallest absolute Gasteiger partial charge is 0.133 e. The molecule has 0 N–H and O–H groups in total. The Morgan fingerprint density at radius 1 is 0.964 bits per heavy atom. The van der Waals surface area contributed by atoms with Gasteiger partial charge in [-0.15, -0.1) is 0 Å². The SMILES string of the molecule is CC(C)CCC[C@@H](C)[C@H]1CC[C@@H]2C3=C(CC[C@@]21C)[C@@]1(C)CCC(=O)C[C@H]1CC3. The molecule has 0 aromatic heterocycles. The number of Topliss-reactive ketones (excluding diaryl/α,β-unsaturated/α-hetero) is 1. The molecule has 0 aromatic carbocycles. The van der Waals surface area contributed by atoms with Gasteiger partial charge in [-0.25, -0.2) is 0 Å². The molecule has 0 saturated heterocycles. The van der Waals surface area contributed by atoms with E-state index in [0.29, 0.717) is 22.5 Å². The third-order valence-electron chi connectivity index (χ3n) is 10.0. The van der Waals surface area contributed by atoms with Crippen LogP contribution in [0.4, 0.5) is 0 Å². The van der Waals surface area contributed by atoms with Gasteiger partial charge in [0.05, 0.1) is 0 Å². The van der Waals surface area contributed by atoms with Crippen LogP contribution in [0.15, 0.2) is 11.1 Å². The van der Waals surface area contributed by atoms with Gasteiger partial charge in [0.25, 0.3) is 0 Å². The zero-order valence-electron chi connectivity index (χ0n) is 19.3. The number of carbonyl (C=O) groups is 1. The van der Waals surface area contributed by atoms with Gasteiger partial charge in [-0.3, -0.25) is 4.79 Å². The molecule has 28 heavy (non-hydrogen) atoms. The maximum Gasteiger partial charge on any atom is 0.133 e. The highest BCUT2D eigenvalue weighted by Gasteiger charge is 2.55. The summed E-state index contributed by atoms with van der Waals surface area (Å²) in [7, 11) is 0. The van der Waals surface area contributed by atoms with Gasteiger partial charge in [-0.05, 0) is 85.4 Å². The predicted molar refractivity (Wildman–Crippen MR) is 118 cm³/mol. The van der Waals surface area contributed by atoms with Crippen LogP contribution in [0.2, 0.25) is 0 Å². The molecule has 2 saturated carbocycles. The van der Waals surface area contributed by atoms with Gasteiger partial charge < -0.3 is 0 Å². The van der Waals surface area contributed by atoms with Crippen LogP contribution in [0.3, 0.4) is 0 Å². The van der Waals surface area contributed by atoms with E-state index in [9.17, 15) is 4.79 Å². The van der Waals surface area contributed by atoms with Crippen LogP contribution >= 0.6 is 0 Å². The molecular formula is C27H44O. The van der Waals surface area contributed by atoms with E-state index in [1.165, 1.54) is 57.8 Å². The standard InChI is InChI=1S/C27H44O/c1-18(2)7-6-8-19(3)23-11-12-24-22-10-9-20-17-21(28)13-15-26(20,4)25(22)14-16-27(23,24)5/h18-20,23-24H,6-17H2,1-5H3/t19-,20-,23-,24-,26+,27-/m1/s1. The first kappa shape index (κ1) is 20.7. The van der Waals surface area contributed by atoms with Crippen LogP contribution in [0.25, 0.3) is 0 Å². The maximum atomic E-state index is 12.1. The lowest BCUT2D eigenvalue weighted by Gasteiger charge is -2.54. The van der Waals surface area contributed by atoms with Crippen LogP contribution in [-0.2, 0) is 4.79 Å². The molecule has 0 heterocycles. The zero-order valence-corrected chi connectivity index (χ0v) is 19.3. The Balaban J connectivity index is 1.53. The third-order valence-corrected chi connectivity index (χ3v) is 10.0. The second-order valence-corrected chi connectivity index (χ2v) is 11.9. The molecule has 0 unspecified atom stereocenters. The van der Waals surface area contributed by atoms with E-state index >= 15 is 0 Å². The highest BCUT2D eigenvalue weighted by atomic mass is 16.1. The Kier molecular flexibility index (Phi) is 5.60. The van der Waals surface area contributed by atoms with Crippen LogP contribution in [0.5, 0.6) is 0 Å². The van der Waals surface area contributed by atoms with Crippen molar-refractivity contribution in [2.45, 2.75) is 112 Å². The number of ketones is 1. The summed E-state index contributed by atoms with van der Waals surface area (Å²) < 4.78 is 0. The van der Waals surface area contributed by atoms with Crippen molar-refractivity contribution in [1.82, 2.24) is 0 Å². The zero-order chi connectivity index (χ0) is 20.1. The van der Waals surface area contributed by atoms with Crippen molar-refractivity contribution in [3.8, 4) is 0 Å². The topological polar surface area (TPSA) is 17.1 Å². The number of hydrogen-bond acceptors (Lipinski definition) is 1. The lowest BCUT2D eigenvalue weighted by Crippen LogP contribution is -2.45. The summed E-state index contributed by atoms with van der Waals surface area (Å²) in [6.45, 7) is 12.5. The molecule has 1 heteroatoms. The molecule has 6 atom stereocenters. The maximum absolute atomic E-state index is 12.1. The Bertz CT molecular complexity index is 643. The molecule has 158 valence electrons. The molecular weight excluding hydrogens is 340 g/mol. The molecule has 4 aliphatic rings. The summed E-state index contributed by atoms with van der Waals surface area (Å²) in [5.41, 5.74) is 4.62. The van der Waals surface area contributed by atoms with E-state index in [4.69, 9.17) is 0 Å². The quantitative estimate of drug-likeness (QED) is 0.443. The Morgan fingerprint density at radius 3 is 2.50 bits per heavy atom. The minimum atomic E-state index is 0.351. The van der Waals surface area contributed by atoms with Gasteiger partial charge >= 0.3 is 0 Å². The first-order valence-electron chi connectivity index (χ1n) is 12.5. The molecule has 2 fully saturated rings. The van der Waals surface area contributed by atoms with E-state index < -0.39 is 0 Å². The summed E-state index contributed by atoms with van der Waals surface area (Å²) in [4.78, 5) is 12.1. The summed E-state index contributed by atoms with van der Waals surface area (Å²) in [6.07, 6.45) is 15.3. The van der Waals surface area contributed by atoms with Gasteiger partial charge in [0.1, 0.15) is 5.78 Å². The molecule has 1 nitrogen and oxygen atoms in total. The number of allylic oxidation sites excluding steroid dienone is 2. The Morgan fingerprint density at radius 2 is 1.75 bits per heavy atom. The molecule has 0 aliphatic heterocycles. The lowest BCUT2D eigenvalue weighted by atomic mass is 9.50. The summed E-state index contributed by atoms with van der Waals surface area (Å²) >= 11 is 0. The molecule has 0 amide bonds. The number of fused-ring (bicyclic) bond motifs is 4. The van der Waals surface area contributed by atoms with Crippen molar-refractivity contribution in [3.05, 3.63) is 11.1 Å². The summed E-state index contributed by atoms with van der Waals surface area (Å²) in [5.74, 6) is 4.68. The second-order valence-electron chi connectivity index (χ2n) is 11.9. The monoisotopic (exact) mass is 384 g/mol. The molecule has 0 bridgehead atoms. The summed E-state index contributed by atoms with van der Waals surface area (Å²) in [6, 6.07) is 0. The Hall–Kier alpha value is -0.590. The number of carbonyl (C=O) groups excluding carboxylic acids is 1. The average molecular weight is 385 g/mol. The van der Waals surface area contributed by atoms with Crippen molar-refractivity contribution in [3.63, 3.8) is 0 Å².